The van der Waals surface area contributed by atoms with Gasteiger partial charge in [0.05, 0.1) is 22.4 Å². The minimum absolute atomic E-state index is 0.242. The first-order valence-electron chi connectivity index (χ1n) is 6.85. The fourth-order valence-electron chi connectivity index (χ4n) is 2.25. The van der Waals surface area contributed by atoms with Gasteiger partial charge in [0.15, 0.2) is 4.32 Å². The second kappa shape index (κ2) is 6.17. The maximum absolute atomic E-state index is 12.6. The lowest BCUT2D eigenvalue weighted by atomic mass is 10.2. The third kappa shape index (κ3) is 2.72. The highest BCUT2D eigenvalue weighted by molar-refractivity contribution is 8.27. The van der Waals surface area contributed by atoms with Gasteiger partial charge < -0.3 is 4.57 Å². The quantitative estimate of drug-likeness (QED) is 0.585. The molecular weight excluding hydrogens is 348 g/mol. The highest BCUT2D eigenvalue weighted by atomic mass is 32.2. The Labute approximate surface area is 146 Å². The van der Waals surface area contributed by atoms with E-state index in [-0.39, 0.29) is 11.5 Å². The summed E-state index contributed by atoms with van der Waals surface area (Å²) in [6, 6.07) is 3.44. The van der Waals surface area contributed by atoms with Crippen LogP contribution in [0.2, 0.25) is 0 Å². The number of hydrogen-bond acceptors (Lipinski definition) is 6. The van der Waals surface area contributed by atoms with Crippen molar-refractivity contribution in [2.75, 3.05) is 4.90 Å². The Morgan fingerprint density at radius 1 is 1.25 bits per heavy atom. The molecule has 0 unspecified atom stereocenters. The zero-order valence-corrected chi connectivity index (χ0v) is 14.4. The molecule has 3 rings (SSSR count). The Kier molecular flexibility index (Phi) is 4.20. The zero-order valence-electron chi connectivity index (χ0n) is 12.8. The van der Waals surface area contributed by atoms with Gasteiger partial charge >= 0.3 is 5.69 Å². The minimum Gasteiger partial charge on any atom is -0.303 e. The smallest absolute Gasteiger partial charge is 0.303 e. The highest BCUT2D eigenvalue weighted by Gasteiger charge is 2.33. The van der Waals surface area contributed by atoms with E-state index in [1.54, 1.807) is 31.6 Å². The summed E-state index contributed by atoms with van der Waals surface area (Å²) in [6.07, 6.45) is 6.00. The van der Waals surface area contributed by atoms with Crippen molar-refractivity contribution in [1.82, 2.24) is 14.1 Å². The predicted octanol–water partition coefficient (Wildman–Crippen LogP) is 0.885. The standard InChI is InChI=1S/C15H12N4O3S2/c1-17-8-9(12(20)18(2)14(17)22)6-11-13(21)19(15(23)24-11)10-4-3-5-16-7-10/h3-8H,1-2H3/b11-6-. The second-order valence-electron chi connectivity index (χ2n) is 5.07. The lowest BCUT2D eigenvalue weighted by molar-refractivity contribution is -0.113. The Morgan fingerprint density at radius 2 is 2.00 bits per heavy atom. The van der Waals surface area contributed by atoms with Crippen LogP contribution in [-0.4, -0.2) is 24.3 Å². The highest BCUT2D eigenvalue weighted by Crippen LogP contribution is 2.35. The Balaban J connectivity index is 2.05. The van der Waals surface area contributed by atoms with E-state index in [1.807, 2.05) is 0 Å². The Hall–Kier alpha value is -2.52. The summed E-state index contributed by atoms with van der Waals surface area (Å²) in [5, 5.41) is 0. The van der Waals surface area contributed by atoms with Crippen LogP contribution in [0.4, 0.5) is 5.69 Å². The first-order chi connectivity index (χ1) is 11.4. The van der Waals surface area contributed by atoms with Gasteiger partial charge in [-0.1, -0.05) is 24.0 Å². The number of pyridine rings is 1. The number of rotatable bonds is 2. The lowest BCUT2D eigenvalue weighted by Crippen LogP contribution is -2.37. The van der Waals surface area contributed by atoms with E-state index in [0.29, 0.717) is 14.9 Å². The number of aryl methyl sites for hydroxylation is 1. The molecule has 1 amide bonds. The van der Waals surface area contributed by atoms with Crippen LogP contribution < -0.4 is 16.1 Å². The fourth-order valence-corrected chi connectivity index (χ4v) is 3.54. The van der Waals surface area contributed by atoms with Gasteiger partial charge in [0, 0.05) is 26.5 Å². The van der Waals surface area contributed by atoms with Crippen molar-refractivity contribution in [3.63, 3.8) is 0 Å². The van der Waals surface area contributed by atoms with Crippen molar-refractivity contribution >= 4 is 46.0 Å². The summed E-state index contributed by atoms with van der Waals surface area (Å²) in [7, 11) is 2.93. The molecule has 122 valence electrons. The molecule has 0 saturated carbocycles. The molecule has 0 spiro atoms. The number of aromatic nitrogens is 3. The Bertz CT molecular complexity index is 992. The lowest BCUT2D eigenvalue weighted by Gasteiger charge is -2.13. The van der Waals surface area contributed by atoms with Gasteiger partial charge in [-0.15, -0.1) is 0 Å². The van der Waals surface area contributed by atoms with E-state index < -0.39 is 11.2 Å². The molecule has 0 aromatic carbocycles. The molecule has 0 N–H and O–H groups in total. The largest absolute Gasteiger partial charge is 0.330 e. The van der Waals surface area contributed by atoms with Crippen molar-refractivity contribution < 1.29 is 4.79 Å². The van der Waals surface area contributed by atoms with Gasteiger partial charge in [-0.05, 0) is 18.2 Å². The number of anilines is 1. The van der Waals surface area contributed by atoms with Crippen molar-refractivity contribution in [1.29, 1.82) is 0 Å². The summed E-state index contributed by atoms with van der Waals surface area (Å²) in [6.45, 7) is 0. The summed E-state index contributed by atoms with van der Waals surface area (Å²) >= 11 is 6.36. The summed E-state index contributed by atoms with van der Waals surface area (Å²) in [5.74, 6) is -0.325. The topological polar surface area (TPSA) is 77.2 Å². The maximum atomic E-state index is 12.6. The number of amides is 1. The van der Waals surface area contributed by atoms with Crippen LogP contribution in [0.3, 0.4) is 0 Å². The van der Waals surface area contributed by atoms with E-state index in [2.05, 4.69) is 4.98 Å². The van der Waals surface area contributed by atoms with E-state index in [1.165, 1.54) is 28.8 Å². The summed E-state index contributed by atoms with van der Waals surface area (Å²) in [4.78, 5) is 42.2. The SMILES string of the molecule is Cn1cc(/C=C2\SC(=S)N(c3cccnc3)C2=O)c(=O)n(C)c1=O. The molecular formula is C15H12N4O3S2. The first-order valence-corrected chi connectivity index (χ1v) is 8.07. The molecule has 3 heterocycles. The molecule has 2 aromatic heterocycles. The van der Waals surface area contributed by atoms with Gasteiger partial charge in [0.2, 0.25) is 0 Å². The molecule has 1 aliphatic heterocycles. The van der Waals surface area contributed by atoms with Crippen molar-refractivity contribution in [3.05, 3.63) is 62.0 Å². The van der Waals surface area contributed by atoms with Crippen LogP contribution in [-0.2, 0) is 18.9 Å². The van der Waals surface area contributed by atoms with Crippen LogP contribution in [0, 0.1) is 0 Å². The van der Waals surface area contributed by atoms with Crippen molar-refractivity contribution in [2.45, 2.75) is 0 Å². The monoisotopic (exact) mass is 360 g/mol. The normalized spacial score (nSPS) is 16.2. The third-order valence-corrected chi connectivity index (χ3v) is 4.76. The predicted molar refractivity (Wildman–Crippen MR) is 96.8 cm³/mol. The van der Waals surface area contributed by atoms with Gasteiger partial charge in [-0.3, -0.25) is 24.0 Å². The molecule has 0 bridgehead atoms. The third-order valence-electron chi connectivity index (χ3n) is 3.46. The molecule has 9 heteroatoms. The molecule has 24 heavy (non-hydrogen) atoms. The van der Waals surface area contributed by atoms with E-state index in [4.69, 9.17) is 12.2 Å². The number of carbonyl (C=O) groups is 1. The van der Waals surface area contributed by atoms with Crippen LogP contribution in [0.1, 0.15) is 5.56 Å². The van der Waals surface area contributed by atoms with Gasteiger partial charge in [0.25, 0.3) is 11.5 Å². The molecule has 1 fully saturated rings. The van der Waals surface area contributed by atoms with Gasteiger partial charge in [-0.2, -0.15) is 0 Å². The first kappa shape index (κ1) is 16.3. The molecule has 7 nitrogen and oxygen atoms in total. The number of nitrogens with zero attached hydrogens (tertiary/aromatic N) is 4. The average molecular weight is 360 g/mol. The maximum Gasteiger partial charge on any atom is 0.330 e. The van der Waals surface area contributed by atoms with E-state index in [9.17, 15) is 14.4 Å². The second-order valence-corrected chi connectivity index (χ2v) is 6.75. The zero-order chi connectivity index (χ0) is 17.4. The van der Waals surface area contributed by atoms with E-state index >= 15 is 0 Å². The number of carbonyl (C=O) groups excluding carboxylic acids is 1. The van der Waals surface area contributed by atoms with Crippen molar-refractivity contribution in [3.8, 4) is 0 Å². The average Bonchev–Trinajstić information content (AvgIpc) is 2.85. The van der Waals surface area contributed by atoms with Crippen molar-refractivity contribution in [2.24, 2.45) is 14.1 Å². The molecule has 0 aliphatic carbocycles. The number of thioether (sulfide) groups is 1. The van der Waals surface area contributed by atoms with Gasteiger partial charge in [-0.25, -0.2) is 4.79 Å². The number of hydrogen-bond donors (Lipinski definition) is 0. The van der Waals surface area contributed by atoms with E-state index in [0.717, 1.165) is 16.3 Å². The molecule has 1 aliphatic rings. The molecule has 2 aromatic rings. The van der Waals surface area contributed by atoms with Crippen LogP contribution in [0.5, 0.6) is 0 Å². The minimum atomic E-state index is -0.468. The van der Waals surface area contributed by atoms with Crippen LogP contribution in [0.15, 0.2) is 45.2 Å². The van der Waals surface area contributed by atoms with Crippen LogP contribution in [0.25, 0.3) is 6.08 Å². The summed E-state index contributed by atoms with van der Waals surface area (Å²) in [5.41, 5.74) is -0.0899. The van der Waals surface area contributed by atoms with Crippen LogP contribution >= 0.6 is 24.0 Å². The van der Waals surface area contributed by atoms with Gasteiger partial charge in [0.1, 0.15) is 0 Å². The summed E-state index contributed by atoms with van der Waals surface area (Å²) < 4.78 is 2.64. The molecule has 1 saturated heterocycles. The fraction of sp³-hybridized carbons (Fsp3) is 0.133. The molecule has 0 atom stereocenters. The Morgan fingerprint density at radius 3 is 2.67 bits per heavy atom. The number of thiocarbonyl (C=S) groups is 1. The molecule has 0 radical (unpaired) electrons.